The zero-order valence-electron chi connectivity index (χ0n) is 13.7. The summed E-state index contributed by atoms with van der Waals surface area (Å²) >= 11 is 0. The third kappa shape index (κ3) is 3.84. The molecule has 1 N–H and O–H groups in total. The van der Waals surface area contributed by atoms with Crippen LogP contribution in [0.15, 0.2) is 22.6 Å². The second kappa shape index (κ2) is 6.29. The van der Waals surface area contributed by atoms with E-state index in [0.717, 1.165) is 42.4 Å². The van der Waals surface area contributed by atoms with Crippen LogP contribution in [0.4, 0.5) is 5.82 Å². The van der Waals surface area contributed by atoms with Crippen LogP contribution in [0.25, 0.3) is 11.6 Å². The molecule has 0 aliphatic carbocycles. The Morgan fingerprint density at radius 3 is 2.48 bits per heavy atom. The van der Waals surface area contributed by atoms with E-state index in [0.29, 0.717) is 5.82 Å². The number of aromatic nitrogens is 2. The maximum Gasteiger partial charge on any atom is 0.197 e. The molecule has 2 heterocycles. The molecule has 0 unspecified atom stereocenters. The van der Waals surface area contributed by atoms with Crippen LogP contribution >= 0.6 is 0 Å². The monoisotopic (exact) mass is 287 g/mol. The van der Waals surface area contributed by atoms with Gasteiger partial charge in [-0.1, -0.05) is 34.6 Å². The number of anilines is 1. The molecule has 0 saturated heterocycles. The van der Waals surface area contributed by atoms with E-state index in [1.165, 1.54) is 0 Å². The summed E-state index contributed by atoms with van der Waals surface area (Å²) in [6, 6.07) is 5.97. The number of nitrogens with one attached hydrogen (secondary N) is 1. The van der Waals surface area contributed by atoms with E-state index in [2.05, 4.69) is 49.9 Å². The normalized spacial score (nSPS) is 11.7. The van der Waals surface area contributed by atoms with Crippen LogP contribution in [0.1, 0.15) is 52.5 Å². The molecule has 0 fully saturated rings. The molecule has 4 nitrogen and oxygen atoms in total. The van der Waals surface area contributed by atoms with Crippen molar-refractivity contribution in [3.8, 4) is 11.6 Å². The average Bonchev–Trinajstić information content (AvgIpc) is 2.93. The number of hydrogen-bond donors (Lipinski definition) is 1. The van der Waals surface area contributed by atoms with Gasteiger partial charge in [-0.25, -0.2) is 9.97 Å². The lowest BCUT2D eigenvalue weighted by molar-refractivity contribution is 0.522. The quantitative estimate of drug-likeness (QED) is 0.884. The van der Waals surface area contributed by atoms with Crippen molar-refractivity contribution in [1.29, 1.82) is 0 Å². The standard InChI is InChI=1S/C17H25N3O/c1-6-10-18-15-11-14(17(3,4)5)19-16(20-15)13-9-8-12(7-2)21-13/h8-9,11H,6-7,10H2,1-5H3,(H,18,19,20). The van der Waals surface area contributed by atoms with Crippen LogP contribution in [-0.2, 0) is 11.8 Å². The summed E-state index contributed by atoms with van der Waals surface area (Å²) in [5.74, 6) is 3.21. The molecule has 4 heteroatoms. The molecular formula is C17H25N3O. The lowest BCUT2D eigenvalue weighted by Crippen LogP contribution is -2.16. The number of nitrogens with zero attached hydrogens (tertiary/aromatic N) is 2. The first-order valence-corrected chi connectivity index (χ1v) is 7.66. The van der Waals surface area contributed by atoms with E-state index in [1.54, 1.807) is 0 Å². The largest absolute Gasteiger partial charge is 0.458 e. The molecule has 0 aromatic carbocycles. The first kappa shape index (κ1) is 15.5. The first-order valence-electron chi connectivity index (χ1n) is 7.66. The van der Waals surface area contributed by atoms with E-state index in [4.69, 9.17) is 4.42 Å². The van der Waals surface area contributed by atoms with Crippen LogP contribution in [0.5, 0.6) is 0 Å². The molecule has 2 aromatic heterocycles. The Morgan fingerprint density at radius 1 is 1.14 bits per heavy atom. The summed E-state index contributed by atoms with van der Waals surface area (Å²) in [5, 5.41) is 3.34. The first-order chi connectivity index (χ1) is 9.94. The minimum atomic E-state index is -0.0273. The Balaban J connectivity index is 2.43. The van der Waals surface area contributed by atoms with Crippen molar-refractivity contribution in [2.75, 3.05) is 11.9 Å². The summed E-state index contributed by atoms with van der Waals surface area (Å²) in [6.45, 7) is 11.6. The molecule has 0 bridgehead atoms. The van der Waals surface area contributed by atoms with Gasteiger partial charge in [0.25, 0.3) is 0 Å². The maximum atomic E-state index is 5.79. The average molecular weight is 287 g/mol. The fourth-order valence-electron chi connectivity index (χ4n) is 1.97. The van der Waals surface area contributed by atoms with Gasteiger partial charge in [0, 0.05) is 24.4 Å². The van der Waals surface area contributed by atoms with Gasteiger partial charge in [-0.15, -0.1) is 0 Å². The summed E-state index contributed by atoms with van der Waals surface area (Å²) in [7, 11) is 0. The molecule has 114 valence electrons. The minimum absolute atomic E-state index is 0.0273. The molecule has 21 heavy (non-hydrogen) atoms. The van der Waals surface area contributed by atoms with Crippen molar-refractivity contribution in [2.24, 2.45) is 0 Å². The van der Waals surface area contributed by atoms with E-state index < -0.39 is 0 Å². The van der Waals surface area contributed by atoms with Crippen molar-refractivity contribution >= 4 is 5.82 Å². The van der Waals surface area contributed by atoms with Gasteiger partial charge < -0.3 is 9.73 Å². The van der Waals surface area contributed by atoms with Crippen molar-refractivity contribution in [3.63, 3.8) is 0 Å². The second-order valence-electron chi connectivity index (χ2n) is 6.26. The predicted octanol–water partition coefficient (Wildman–Crippen LogP) is 4.42. The van der Waals surface area contributed by atoms with Crippen LogP contribution < -0.4 is 5.32 Å². The van der Waals surface area contributed by atoms with Gasteiger partial charge in [0.1, 0.15) is 11.6 Å². The Bertz CT molecular complexity index is 596. The van der Waals surface area contributed by atoms with Gasteiger partial charge in [-0.05, 0) is 18.6 Å². The van der Waals surface area contributed by atoms with Gasteiger partial charge in [-0.2, -0.15) is 0 Å². The summed E-state index contributed by atoms with van der Waals surface area (Å²) in [5.41, 5.74) is 0.987. The predicted molar refractivity (Wildman–Crippen MR) is 86.6 cm³/mol. The second-order valence-corrected chi connectivity index (χ2v) is 6.26. The SMILES string of the molecule is CCCNc1cc(C(C)(C)C)nc(-c2ccc(CC)o2)n1. The number of furan rings is 1. The van der Waals surface area contributed by atoms with E-state index in [9.17, 15) is 0 Å². The lowest BCUT2D eigenvalue weighted by Gasteiger charge is -2.19. The number of hydrogen-bond acceptors (Lipinski definition) is 4. The fourth-order valence-corrected chi connectivity index (χ4v) is 1.97. The smallest absolute Gasteiger partial charge is 0.197 e. The third-order valence-corrected chi connectivity index (χ3v) is 3.28. The highest BCUT2D eigenvalue weighted by Gasteiger charge is 2.19. The zero-order chi connectivity index (χ0) is 15.5. The Morgan fingerprint density at radius 2 is 1.90 bits per heavy atom. The molecule has 0 atom stereocenters. The molecular weight excluding hydrogens is 262 g/mol. The van der Waals surface area contributed by atoms with Gasteiger partial charge in [0.05, 0.1) is 5.69 Å². The zero-order valence-corrected chi connectivity index (χ0v) is 13.7. The topological polar surface area (TPSA) is 51.0 Å². The summed E-state index contributed by atoms with van der Waals surface area (Å²) in [4.78, 5) is 9.27. The number of rotatable bonds is 5. The number of aryl methyl sites for hydroxylation is 1. The van der Waals surface area contributed by atoms with Crippen molar-refractivity contribution in [1.82, 2.24) is 9.97 Å². The molecule has 2 aromatic rings. The summed E-state index contributed by atoms with van der Waals surface area (Å²) in [6.07, 6.45) is 1.94. The maximum absolute atomic E-state index is 5.79. The van der Waals surface area contributed by atoms with Gasteiger partial charge >= 0.3 is 0 Å². The van der Waals surface area contributed by atoms with Crippen molar-refractivity contribution in [2.45, 2.75) is 52.9 Å². The molecule has 0 spiro atoms. The van der Waals surface area contributed by atoms with Crippen LogP contribution in [-0.4, -0.2) is 16.5 Å². The molecule has 0 aliphatic heterocycles. The summed E-state index contributed by atoms with van der Waals surface area (Å²) < 4.78 is 5.79. The van der Waals surface area contributed by atoms with Gasteiger partial charge in [-0.3, -0.25) is 0 Å². The molecule has 0 amide bonds. The Hall–Kier alpha value is -1.84. The van der Waals surface area contributed by atoms with Gasteiger partial charge in [0.15, 0.2) is 11.6 Å². The molecule has 0 saturated carbocycles. The minimum Gasteiger partial charge on any atom is -0.458 e. The van der Waals surface area contributed by atoms with E-state index in [1.807, 2.05) is 18.2 Å². The van der Waals surface area contributed by atoms with Crippen LogP contribution in [0, 0.1) is 0 Å². The molecule has 2 rings (SSSR count). The third-order valence-electron chi connectivity index (χ3n) is 3.28. The highest BCUT2D eigenvalue weighted by Crippen LogP contribution is 2.26. The fraction of sp³-hybridized carbons (Fsp3) is 0.529. The van der Waals surface area contributed by atoms with Crippen LogP contribution in [0.2, 0.25) is 0 Å². The van der Waals surface area contributed by atoms with E-state index in [-0.39, 0.29) is 5.41 Å². The van der Waals surface area contributed by atoms with Crippen LogP contribution in [0.3, 0.4) is 0 Å². The Kier molecular flexibility index (Phi) is 4.66. The molecule has 0 radical (unpaired) electrons. The van der Waals surface area contributed by atoms with Crippen molar-refractivity contribution < 1.29 is 4.42 Å². The lowest BCUT2D eigenvalue weighted by atomic mass is 9.92. The van der Waals surface area contributed by atoms with Gasteiger partial charge in [0.2, 0.25) is 0 Å². The van der Waals surface area contributed by atoms with E-state index >= 15 is 0 Å². The highest BCUT2D eigenvalue weighted by atomic mass is 16.3. The highest BCUT2D eigenvalue weighted by molar-refractivity contribution is 5.52. The molecule has 0 aliphatic rings. The Labute approximate surface area is 127 Å². The van der Waals surface area contributed by atoms with Crippen molar-refractivity contribution in [3.05, 3.63) is 29.7 Å².